The third kappa shape index (κ3) is 1.93. The van der Waals surface area contributed by atoms with Crippen molar-refractivity contribution in [3.8, 4) is 0 Å². The van der Waals surface area contributed by atoms with E-state index < -0.39 is 0 Å². The minimum atomic E-state index is 0.648. The lowest BCUT2D eigenvalue weighted by atomic mass is 10.2. The smallest absolute Gasteiger partial charge is 0.0926 e. The van der Waals surface area contributed by atoms with Crippen LogP contribution < -0.4 is 0 Å². The summed E-state index contributed by atoms with van der Waals surface area (Å²) in [5.41, 5.74) is 0. The third-order valence-electron chi connectivity index (χ3n) is 2.37. The van der Waals surface area contributed by atoms with E-state index in [1.165, 1.54) is 6.42 Å². The summed E-state index contributed by atoms with van der Waals surface area (Å²) in [6.07, 6.45) is 1.20. The predicted octanol–water partition coefficient (Wildman–Crippen LogP) is 0.619. The van der Waals surface area contributed by atoms with Crippen LogP contribution >= 0.6 is 0 Å². The maximum Gasteiger partial charge on any atom is 0.0926 e. The summed E-state index contributed by atoms with van der Waals surface area (Å²) in [5, 5.41) is 7.43. The fraction of sp³-hybridized carbons (Fsp3) is 0.875. The number of hydrogen-bond acceptors (Lipinski definition) is 2. The molecule has 0 amide bonds. The molecule has 0 aromatic heterocycles. The Balaban J connectivity index is 2.41. The Morgan fingerprint density at radius 1 is 1.55 bits per heavy atom. The number of nitrogens with zero attached hydrogens (tertiary/aromatic N) is 2. The van der Waals surface area contributed by atoms with Crippen molar-refractivity contribution in [1.29, 1.82) is 5.41 Å². The third-order valence-corrected chi connectivity index (χ3v) is 2.37. The van der Waals surface area contributed by atoms with Gasteiger partial charge in [-0.1, -0.05) is 0 Å². The molecule has 1 unspecified atom stereocenters. The first-order valence-corrected chi connectivity index (χ1v) is 4.08. The second-order valence-electron chi connectivity index (χ2n) is 3.44. The van der Waals surface area contributed by atoms with Crippen molar-refractivity contribution < 1.29 is 0 Å². The Morgan fingerprint density at radius 2 is 2.18 bits per heavy atom. The summed E-state index contributed by atoms with van der Waals surface area (Å²) in [6, 6.07) is 0.648. The SMILES string of the molecule is CC(=N)N1CCC(N(C)C)C1. The van der Waals surface area contributed by atoms with Gasteiger partial charge < -0.3 is 9.80 Å². The average Bonchev–Trinajstić information content (AvgIpc) is 2.33. The van der Waals surface area contributed by atoms with E-state index in [0.29, 0.717) is 11.9 Å². The van der Waals surface area contributed by atoms with E-state index in [9.17, 15) is 0 Å². The van der Waals surface area contributed by atoms with Gasteiger partial charge in [0.1, 0.15) is 0 Å². The number of rotatable bonds is 1. The summed E-state index contributed by atoms with van der Waals surface area (Å²) < 4.78 is 0. The highest BCUT2D eigenvalue weighted by molar-refractivity contribution is 5.76. The lowest BCUT2D eigenvalue weighted by Crippen LogP contribution is -2.33. The molecule has 64 valence electrons. The standard InChI is InChI=1S/C8H17N3/c1-7(9)11-5-4-8(6-11)10(2)3/h8-9H,4-6H2,1-3H3. The van der Waals surface area contributed by atoms with Crippen molar-refractivity contribution in [2.75, 3.05) is 27.2 Å². The normalized spacial score (nSPS) is 24.7. The minimum Gasteiger partial charge on any atom is -0.359 e. The van der Waals surface area contributed by atoms with Gasteiger partial charge in [0.15, 0.2) is 0 Å². The fourth-order valence-corrected chi connectivity index (χ4v) is 1.47. The molecule has 0 spiro atoms. The zero-order chi connectivity index (χ0) is 8.43. The fourth-order valence-electron chi connectivity index (χ4n) is 1.47. The Labute approximate surface area is 68.5 Å². The van der Waals surface area contributed by atoms with Gasteiger partial charge in [-0.25, -0.2) is 0 Å². The van der Waals surface area contributed by atoms with E-state index >= 15 is 0 Å². The number of nitrogens with one attached hydrogen (secondary N) is 1. The molecule has 1 saturated heterocycles. The highest BCUT2D eigenvalue weighted by atomic mass is 15.2. The number of amidine groups is 1. The summed E-state index contributed by atoms with van der Waals surface area (Å²) in [5.74, 6) is 0.703. The van der Waals surface area contributed by atoms with Crippen LogP contribution in [-0.2, 0) is 0 Å². The highest BCUT2D eigenvalue weighted by Gasteiger charge is 2.23. The van der Waals surface area contributed by atoms with Gasteiger partial charge in [0.05, 0.1) is 5.84 Å². The molecular formula is C8H17N3. The number of likely N-dealkylation sites (N-methyl/N-ethyl adjacent to an activating group) is 1. The van der Waals surface area contributed by atoms with Crippen LogP contribution in [0.3, 0.4) is 0 Å². The van der Waals surface area contributed by atoms with E-state index in [2.05, 4.69) is 23.9 Å². The van der Waals surface area contributed by atoms with Crippen molar-refractivity contribution in [2.24, 2.45) is 0 Å². The predicted molar refractivity (Wildman–Crippen MR) is 47.1 cm³/mol. The molecule has 1 N–H and O–H groups in total. The number of hydrogen-bond donors (Lipinski definition) is 1. The summed E-state index contributed by atoms with van der Waals surface area (Å²) >= 11 is 0. The Hall–Kier alpha value is -0.570. The summed E-state index contributed by atoms with van der Waals surface area (Å²) in [4.78, 5) is 4.37. The van der Waals surface area contributed by atoms with Crippen LogP contribution in [0.2, 0.25) is 0 Å². The van der Waals surface area contributed by atoms with Gasteiger partial charge in [0.2, 0.25) is 0 Å². The van der Waals surface area contributed by atoms with Gasteiger partial charge in [-0.05, 0) is 27.4 Å². The van der Waals surface area contributed by atoms with Crippen LogP contribution in [0.5, 0.6) is 0 Å². The molecule has 0 aromatic carbocycles. The maximum absolute atomic E-state index is 7.43. The zero-order valence-corrected chi connectivity index (χ0v) is 7.59. The molecular weight excluding hydrogens is 138 g/mol. The molecule has 1 fully saturated rings. The number of likely N-dealkylation sites (tertiary alicyclic amines) is 1. The first-order chi connectivity index (χ1) is 5.11. The van der Waals surface area contributed by atoms with Crippen LogP contribution in [0.25, 0.3) is 0 Å². The minimum absolute atomic E-state index is 0.648. The maximum atomic E-state index is 7.43. The van der Waals surface area contributed by atoms with Gasteiger partial charge in [0.25, 0.3) is 0 Å². The first-order valence-electron chi connectivity index (χ1n) is 4.08. The molecule has 0 aliphatic carbocycles. The molecule has 0 saturated carbocycles. The second-order valence-corrected chi connectivity index (χ2v) is 3.44. The quantitative estimate of drug-likeness (QED) is 0.444. The molecule has 1 rings (SSSR count). The lowest BCUT2D eigenvalue weighted by molar-refractivity contribution is 0.300. The summed E-state index contributed by atoms with van der Waals surface area (Å²) in [6.45, 7) is 3.94. The molecule has 1 atom stereocenters. The largest absolute Gasteiger partial charge is 0.359 e. The first kappa shape index (κ1) is 8.53. The van der Waals surface area contributed by atoms with Crippen LogP contribution in [0.15, 0.2) is 0 Å². The van der Waals surface area contributed by atoms with E-state index in [-0.39, 0.29) is 0 Å². The van der Waals surface area contributed by atoms with Crippen molar-refractivity contribution in [3.05, 3.63) is 0 Å². The molecule has 0 radical (unpaired) electrons. The second kappa shape index (κ2) is 3.22. The highest BCUT2D eigenvalue weighted by Crippen LogP contribution is 2.12. The van der Waals surface area contributed by atoms with Crippen LogP contribution in [0, 0.1) is 5.41 Å². The van der Waals surface area contributed by atoms with Gasteiger partial charge in [0, 0.05) is 19.1 Å². The summed E-state index contributed by atoms with van der Waals surface area (Å²) in [7, 11) is 4.21. The monoisotopic (exact) mass is 155 g/mol. The van der Waals surface area contributed by atoms with Crippen LogP contribution in [0.4, 0.5) is 0 Å². The molecule has 1 heterocycles. The Bertz CT molecular complexity index is 153. The lowest BCUT2D eigenvalue weighted by Gasteiger charge is -2.20. The molecule has 1 aliphatic rings. The van der Waals surface area contributed by atoms with Gasteiger partial charge in [-0.2, -0.15) is 0 Å². The Kier molecular flexibility index (Phi) is 2.49. The molecule has 0 aromatic rings. The zero-order valence-electron chi connectivity index (χ0n) is 7.59. The van der Waals surface area contributed by atoms with Gasteiger partial charge >= 0.3 is 0 Å². The van der Waals surface area contributed by atoms with Crippen molar-refractivity contribution in [3.63, 3.8) is 0 Å². The molecule has 3 heteroatoms. The van der Waals surface area contributed by atoms with Crippen molar-refractivity contribution in [1.82, 2.24) is 9.80 Å². The van der Waals surface area contributed by atoms with E-state index in [1.54, 1.807) is 0 Å². The topological polar surface area (TPSA) is 30.3 Å². The van der Waals surface area contributed by atoms with Gasteiger partial charge in [-0.3, -0.25) is 5.41 Å². The van der Waals surface area contributed by atoms with E-state index in [4.69, 9.17) is 5.41 Å². The molecule has 1 aliphatic heterocycles. The van der Waals surface area contributed by atoms with E-state index in [0.717, 1.165) is 13.1 Å². The molecule has 0 bridgehead atoms. The van der Waals surface area contributed by atoms with Crippen molar-refractivity contribution >= 4 is 5.84 Å². The van der Waals surface area contributed by atoms with E-state index in [1.807, 2.05) is 6.92 Å². The average molecular weight is 155 g/mol. The molecule has 3 nitrogen and oxygen atoms in total. The van der Waals surface area contributed by atoms with Crippen molar-refractivity contribution in [2.45, 2.75) is 19.4 Å². The molecule has 11 heavy (non-hydrogen) atoms. The Morgan fingerprint density at radius 3 is 2.45 bits per heavy atom. The van der Waals surface area contributed by atoms with Gasteiger partial charge in [-0.15, -0.1) is 0 Å². The van der Waals surface area contributed by atoms with Crippen LogP contribution in [0.1, 0.15) is 13.3 Å². The van der Waals surface area contributed by atoms with Crippen LogP contribution in [-0.4, -0.2) is 48.9 Å².